The van der Waals surface area contributed by atoms with E-state index >= 15 is 0 Å². The van der Waals surface area contributed by atoms with Crippen molar-refractivity contribution in [1.29, 1.82) is 0 Å². The van der Waals surface area contributed by atoms with E-state index in [0.29, 0.717) is 12.1 Å². The minimum absolute atomic E-state index is 0.0505. The number of rotatable bonds is 1. The molecule has 20 heavy (non-hydrogen) atoms. The number of anilines is 1. The van der Waals surface area contributed by atoms with Gasteiger partial charge in [-0.05, 0) is 25.3 Å². The second kappa shape index (κ2) is 4.54. The van der Waals surface area contributed by atoms with Crippen molar-refractivity contribution in [3.8, 4) is 0 Å². The van der Waals surface area contributed by atoms with Gasteiger partial charge in [0.25, 0.3) is 0 Å². The van der Waals surface area contributed by atoms with Crippen LogP contribution in [0.1, 0.15) is 20.3 Å². The molecule has 1 aliphatic heterocycles. The number of aromatic nitrogens is 1. The first-order valence-electron chi connectivity index (χ1n) is 6.99. The highest BCUT2D eigenvalue weighted by atomic mass is 16.2. The van der Waals surface area contributed by atoms with Crippen LogP contribution in [0.5, 0.6) is 0 Å². The van der Waals surface area contributed by atoms with Gasteiger partial charge in [0, 0.05) is 6.07 Å². The zero-order chi connectivity index (χ0) is 14.4. The van der Waals surface area contributed by atoms with E-state index in [4.69, 9.17) is 0 Å². The standard InChI is InChI=1S/C16H19N2O2/c1-10-7-11(2)14-13(8-10)15(19)18(16(14)20)12-5-4-6-17(3)9-12/h4-7,9,11,13-14H,8H2,1-3H3/q+1/t11-,13-,14-/m1/s1. The van der Waals surface area contributed by atoms with Gasteiger partial charge in [-0.3, -0.25) is 9.59 Å². The fourth-order valence-electron chi connectivity index (χ4n) is 3.48. The van der Waals surface area contributed by atoms with E-state index in [1.165, 1.54) is 10.5 Å². The molecule has 3 atom stereocenters. The van der Waals surface area contributed by atoms with Crippen LogP contribution < -0.4 is 9.47 Å². The summed E-state index contributed by atoms with van der Waals surface area (Å²) in [4.78, 5) is 26.6. The van der Waals surface area contributed by atoms with Crippen LogP contribution in [0.2, 0.25) is 0 Å². The fraction of sp³-hybridized carbons (Fsp3) is 0.438. The van der Waals surface area contributed by atoms with Crippen LogP contribution in [0.25, 0.3) is 0 Å². The average molecular weight is 271 g/mol. The summed E-state index contributed by atoms with van der Waals surface area (Å²) in [6.07, 6.45) is 6.53. The predicted octanol–water partition coefficient (Wildman–Crippen LogP) is 1.60. The minimum Gasteiger partial charge on any atom is -0.274 e. The summed E-state index contributed by atoms with van der Waals surface area (Å²) in [7, 11) is 1.88. The molecule has 1 aliphatic carbocycles. The molecule has 0 radical (unpaired) electrons. The molecule has 2 aliphatic rings. The fourth-order valence-corrected chi connectivity index (χ4v) is 3.48. The van der Waals surface area contributed by atoms with Crippen molar-refractivity contribution < 1.29 is 14.2 Å². The summed E-state index contributed by atoms with van der Waals surface area (Å²) < 4.78 is 1.85. The van der Waals surface area contributed by atoms with Crippen LogP contribution in [-0.4, -0.2) is 11.8 Å². The Morgan fingerprint density at radius 3 is 2.75 bits per heavy atom. The van der Waals surface area contributed by atoms with E-state index in [0.717, 1.165) is 0 Å². The Bertz CT molecular complexity index is 621. The van der Waals surface area contributed by atoms with E-state index in [-0.39, 0.29) is 29.6 Å². The highest BCUT2D eigenvalue weighted by Gasteiger charge is 2.51. The van der Waals surface area contributed by atoms with Gasteiger partial charge in [0.2, 0.25) is 11.8 Å². The van der Waals surface area contributed by atoms with Gasteiger partial charge in [-0.2, -0.15) is 0 Å². The van der Waals surface area contributed by atoms with Crippen molar-refractivity contribution in [3.05, 3.63) is 36.2 Å². The van der Waals surface area contributed by atoms with E-state index in [9.17, 15) is 9.59 Å². The average Bonchev–Trinajstić information content (AvgIpc) is 2.61. The lowest BCUT2D eigenvalue weighted by Gasteiger charge is -2.25. The quantitative estimate of drug-likeness (QED) is 0.442. The Hall–Kier alpha value is -1.97. The van der Waals surface area contributed by atoms with E-state index in [1.54, 1.807) is 0 Å². The van der Waals surface area contributed by atoms with E-state index in [2.05, 4.69) is 6.08 Å². The second-order valence-corrected chi connectivity index (χ2v) is 5.95. The monoisotopic (exact) mass is 271 g/mol. The number of hydrogen-bond donors (Lipinski definition) is 0. The maximum absolute atomic E-state index is 12.6. The lowest BCUT2D eigenvalue weighted by atomic mass is 9.76. The summed E-state index contributed by atoms with van der Waals surface area (Å²) in [5, 5.41) is 0. The first kappa shape index (κ1) is 13.0. The van der Waals surface area contributed by atoms with Crippen molar-refractivity contribution >= 4 is 17.5 Å². The largest absolute Gasteiger partial charge is 0.274 e. The number of aryl methyl sites for hydroxylation is 1. The van der Waals surface area contributed by atoms with E-state index in [1.807, 2.05) is 50.0 Å². The molecule has 1 aromatic heterocycles. The third-order valence-corrected chi connectivity index (χ3v) is 4.31. The number of hydrogen-bond acceptors (Lipinski definition) is 2. The zero-order valence-corrected chi connectivity index (χ0v) is 12.0. The van der Waals surface area contributed by atoms with Crippen LogP contribution in [0.15, 0.2) is 36.2 Å². The molecular weight excluding hydrogens is 252 g/mol. The maximum atomic E-state index is 12.6. The smallest absolute Gasteiger partial charge is 0.238 e. The van der Waals surface area contributed by atoms with Crippen molar-refractivity contribution in [2.24, 2.45) is 24.8 Å². The summed E-state index contributed by atoms with van der Waals surface area (Å²) in [5.41, 5.74) is 1.88. The van der Waals surface area contributed by atoms with Crippen molar-refractivity contribution in [2.45, 2.75) is 20.3 Å². The highest BCUT2D eigenvalue weighted by molar-refractivity contribution is 6.22. The van der Waals surface area contributed by atoms with Gasteiger partial charge in [0.05, 0.1) is 11.8 Å². The Labute approximate surface area is 118 Å². The van der Waals surface area contributed by atoms with Crippen molar-refractivity contribution in [3.63, 3.8) is 0 Å². The molecule has 3 rings (SSSR count). The minimum atomic E-state index is -0.197. The van der Waals surface area contributed by atoms with Crippen molar-refractivity contribution in [2.75, 3.05) is 4.90 Å². The molecule has 4 nitrogen and oxygen atoms in total. The highest BCUT2D eigenvalue weighted by Crippen LogP contribution is 2.42. The topological polar surface area (TPSA) is 41.3 Å². The molecule has 104 valence electrons. The van der Waals surface area contributed by atoms with Crippen LogP contribution in [-0.2, 0) is 16.6 Å². The summed E-state index contributed by atoms with van der Waals surface area (Å²) >= 11 is 0. The molecule has 4 heteroatoms. The number of nitrogens with zero attached hydrogens (tertiary/aromatic N) is 2. The molecule has 0 spiro atoms. The third kappa shape index (κ3) is 1.87. The Balaban J connectivity index is 2.01. The van der Waals surface area contributed by atoms with Gasteiger partial charge in [-0.15, -0.1) is 0 Å². The second-order valence-electron chi connectivity index (χ2n) is 5.95. The predicted molar refractivity (Wildman–Crippen MR) is 74.6 cm³/mol. The Morgan fingerprint density at radius 2 is 2.05 bits per heavy atom. The van der Waals surface area contributed by atoms with E-state index < -0.39 is 0 Å². The molecule has 0 saturated carbocycles. The number of pyridine rings is 1. The molecule has 0 unspecified atom stereocenters. The summed E-state index contributed by atoms with van der Waals surface area (Å²) in [6.45, 7) is 4.07. The number of carbonyl (C=O) groups excluding carboxylic acids is 2. The first-order chi connectivity index (χ1) is 9.49. The number of fused-ring (bicyclic) bond motifs is 1. The van der Waals surface area contributed by atoms with Gasteiger partial charge in [-0.25, -0.2) is 9.47 Å². The Kier molecular flexibility index (Phi) is 2.96. The number of imide groups is 1. The molecule has 0 aromatic carbocycles. The van der Waals surface area contributed by atoms with Crippen LogP contribution >= 0.6 is 0 Å². The van der Waals surface area contributed by atoms with Gasteiger partial charge in [0.1, 0.15) is 12.7 Å². The van der Waals surface area contributed by atoms with Gasteiger partial charge < -0.3 is 0 Å². The normalized spacial score (nSPS) is 29.4. The number of carbonyl (C=O) groups is 2. The molecule has 1 saturated heterocycles. The number of allylic oxidation sites excluding steroid dienone is 2. The molecule has 0 N–H and O–H groups in total. The molecule has 2 amide bonds. The van der Waals surface area contributed by atoms with Crippen LogP contribution in [0, 0.1) is 17.8 Å². The van der Waals surface area contributed by atoms with Crippen molar-refractivity contribution in [1.82, 2.24) is 0 Å². The lowest BCUT2D eigenvalue weighted by Crippen LogP contribution is -2.35. The third-order valence-electron chi connectivity index (χ3n) is 4.31. The molecule has 1 aromatic rings. The number of amides is 2. The maximum Gasteiger partial charge on any atom is 0.238 e. The van der Waals surface area contributed by atoms with Crippen LogP contribution in [0.3, 0.4) is 0 Å². The molecule has 0 bridgehead atoms. The first-order valence-corrected chi connectivity index (χ1v) is 6.99. The Morgan fingerprint density at radius 1 is 1.30 bits per heavy atom. The van der Waals surface area contributed by atoms with Gasteiger partial charge in [-0.1, -0.05) is 18.6 Å². The SMILES string of the molecule is CC1=C[C@@H](C)[C@H]2C(=O)N(c3ccc[n+](C)c3)C(=O)[C@@H]2C1. The van der Waals surface area contributed by atoms with Gasteiger partial charge in [0.15, 0.2) is 12.4 Å². The summed E-state index contributed by atoms with van der Waals surface area (Å²) in [6, 6.07) is 3.67. The molecule has 2 heterocycles. The molecular formula is C16H19N2O2+. The van der Waals surface area contributed by atoms with Gasteiger partial charge >= 0.3 is 0 Å². The van der Waals surface area contributed by atoms with Crippen LogP contribution in [0.4, 0.5) is 5.69 Å². The zero-order valence-electron chi connectivity index (χ0n) is 12.0. The molecule has 1 fully saturated rings. The lowest BCUT2D eigenvalue weighted by molar-refractivity contribution is -0.670. The summed E-state index contributed by atoms with van der Waals surface area (Å²) in [5.74, 6) is -0.356.